The summed E-state index contributed by atoms with van der Waals surface area (Å²) in [5.41, 5.74) is 0. The first-order valence-electron chi connectivity index (χ1n) is 5.25. The third-order valence-corrected chi connectivity index (χ3v) is 2.91. The zero-order valence-electron chi connectivity index (χ0n) is 9.73. The topological polar surface area (TPSA) is 57.1 Å². The van der Waals surface area contributed by atoms with Crippen LogP contribution in [0.3, 0.4) is 0 Å². The zero-order valence-corrected chi connectivity index (χ0v) is 12.8. The summed E-state index contributed by atoms with van der Waals surface area (Å²) in [6.45, 7) is 2.22. The van der Waals surface area contributed by atoms with E-state index in [1.165, 1.54) is 0 Å². The number of halogens is 3. The van der Waals surface area contributed by atoms with E-state index >= 15 is 0 Å². The summed E-state index contributed by atoms with van der Waals surface area (Å²) in [6.07, 6.45) is 0. The predicted molar refractivity (Wildman–Crippen MR) is 75.2 cm³/mol. The van der Waals surface area contributed by atoms with Gasteiger partial charge < -0.3 is 9.47 Å². The quantitative estimate of drug-likeness (QED) is 0.816. The minimum Gasteiger partial charge on any atom is -0.464 e. The van der Waals surface area contributed by atoms with Gasteiger partial charge in [-0.15, -0.1) is 4.98 Å². The maximum Gasteiger partial charge on any atom is 0.329 e. The third kappa shape index (κ3) is 3.92. The summed E-state index contributed by atoms with van der Waals surface area (Å²) in [5.74, 6) is 0.403. The lowest BCUT2D eigenvalue weighted by Crippen LogP contribution is -2.01. The predicted octanol–water partition coefficient (Wildman–Crippen LogP) is 4.13. The van der Waals surface area contributed by atoms with Crippen LogP contribution in [-0.4, -0.2) is 21.6 Å². The van der Waals surface area contributed by atoms with Crippen LogP contribution in [0.1, 0.15) is 6.92 Å². The van der Waals surface area contributed by atoms with Crippen molar-refractivity contribution in [2.24, 2.45) is 0 Å². The molecule has 1 aromatic heterocycles. The first kappa shape index (κ1) is 14.3. The molecule has 0 aliphatic carbocycles. The van der Waals surface area contributed by atoms with Crippen LogP contribution >= 0.6 is 39.1 Å². The Labute approximate surface area is 128 Å². The van der Waals surface area contributed by atoms with Crippen LogP contribution in [0.2, 0.25) is 10.3 Å². The summed E-state index contributed by atoms with van der Waals surface area (Å²) in [7, 11) is 0. The molecule has 1 aromatic carbocycles. The van der Waals surface area contributed by atoms with Gasteiger partial charge >= 0.3 is 12.0 Å². The molecule has 2 aromatic rings. The molecule has 1 heterocycles. The first-order valence-corrected chi connectivity index (χ1v) is 6.80. The highest BCUT2D eigenvalue weighted by Crippen LogP contribution is 2.31. The van der Waals surface area contributed by atoms with Crippen molar-refractivity contribution in [3.8, 4) is 17.8 Å². The molecule has 8 heteroatoms. The highest BCUT2D eigenvalue weighted by Gasteiger charge is 2.10. The first-order chi connectivity index (χ1) is 9.08. The number of nitrogens with zero attached hydrogens (tertiary/aromatic N) is 3. The Morgan fingerprint density at radius 1 is 1.16 bits per heavy atom. The van der Waals surface area contributed by atoms with Crippen molar-refractivity contribution in [2.75, 3.05) is 6.61 Å². The van der Waals surface area contributed by atoms with Gasteiger partial charge in [-0.2, -0.15) is 9.97 Å². The minimum absolute atomic E-state index is 0.0143. The van der Waals surface area contributed by atoms with Gasteiger partial charge in [0.15, 0.2) is 5.75 Å². The number of hydrogen-bond donors (Lipinski definition) is 0. The lowest BCUT2D eigenvalue weighted by molar-refractivity contribution is 0.303. The summed E-state index contributed by atoms with van der Waals surface area (Å²) < 4.78 is 11.4. The van der Waals surface area contributed by atoms with Gasteiger partial charge in [0, 0.05) is 4.47 Å². The normalized spacial score (nSPS) is 10.3. The fraction of sp³-hybridized carbons (Fsp3) is 0.182. The third-order valence-electron chi connectivity index (χ3n) is 1.94. The second-order valence-electron chi connectivity index (χ2n) is 3.28. The Kier molecular flexibility index (Phi) is 4.79. The summed E-state index contributed by atoms with van der Waals surface area (Å²) in [5, 5.41) is 0.414. The molecule has 0 amide bonds. The highest BCUT2D eigenvalue weighted by molar-refractivity contribution is 9.10. The molecule has 0 radical (unpaired) electrons. The molecule has 100 valence electrons. The van der Waals surface area contributed by atoms with Crippen molar-refractivity contribution in [3.05, 3.63) is 33.0 Å². The molecule has 5 nitrogen and oxygen atoms in total. The number of rotatable bonds is 4. The van der Waals surface area contributed by atoms with Crippen LogP contribution in [-0.2, 0) is 0 Å². The van der Waals surface area contributed by atoms with E-state index in [1.54, 1.807) is 18.2 Å². The van der Waals surface area contributed by atoms with E-state index in [-0.39, 0.29) is 17.3 Å². The standard InChI is InChI=1S/C11H8BrCl2N3O2/c1-2-18-10-15-9(14)16-11(17-10)19-8-5-6(12)3-4-7(8)13/h3-5H,2H2,1H3. The Morgan fingerprint density at radius 2 is 1.89 bits per heavy atom. The average molecular weight is 365 g/mol. The van der Waals surface area contributed by atoms with E-state index in [2.05, 4.69) is 30.9 Å². The van der Waals surface area contributed by atoms with E-state index < -0.39 is 0 Å². The number of hydrogen-bond acceptors (Lipinski definition) is 5. The van der Waals surface area contributed by atoms with Crippen LogP contribution in [0.5, 0.6) is 17.8 Å². The molecule has 0 unspecified atom stereocenters. The number of ether oxygens (including phenoxy) is 2. The maximum absolute atomic E-state index is 6.01. The molecule has 2 rings (SSSR count). The van der Waals surface area contributed by atoms with Crippen molar-refractivity contribution in [2.45, 2.75) is 6.92 Å². The van der Waals surface area contributed by atoms with Gasteiger partial charge in [0.25, 0.3) is 0 Å². The van der Waals surface area contributed by atoms with E-state index in [0.717, 1.165) is 4.47 Å². The van der Waals surface area contributed by atoms with Gasteiger partial charge in [0.1, 0.15) is 0 Å². The van der Waals surface area contributed by atoms with Crippen LogP contribution in [0, 0.1) is 0 Å². The van der Waals surface area contributed by atoms with Crippen molar-refractivity contribution in [1.82, 2.24) is 15.0 Å². The van der Waals surface area contributed by atoms with Gasteiger partial charge in [0.2, 0.25) is 5.28 Å². The molecule has 0 atom stereocenters. The fourth-order valence-electron chi connectivity index (χ4n) is 1.21. The second-order valence-corrected chi connectivity index (χ2v) is 4.94. The number of benzene rings is 1. The molecule has 0 aliphatic rings. The van der Waals surface area contributed by atoms with Crippen molar-refractivity contribution in [3.63, 3.8) is 0 Å². The molecular formula is C11H8BrCl2N3O2. The Bertz CT molecular complexity index is 598. The van der Waals surface area contributed by atoms with E-state index in [4.69, 9.17) is 32.7 Å². The van der Waals surface area contributed by atoms with Crippen LogP contribution in [0.25, 0.3) is 0 Å². The summed E-state index contributed by atoms with van der Waals surface area (Å²) in [6, 6.07) is 5.29. The van der Waals surface area contributed by atoms with E-state index in [1.807, 2.05) is 6.92 Å². The minimum atomic E-state index is -0.0143. The number of aromatic nitrogens is 3. The highest BCUT2D eigenvalue weighted by atomic mass is 79.9. The smallest absolute Gasteiger partial charge is 0.329 e. The SMILES string of the molecule is CCOc1nc(Cl)nc(Oc2cc(Br)ccc2Cl)n1. The second kappa shape index (κ2) is 6.36. The molecule has 0 saturated carbocycles. The van der Waals surface area contributed by atoms with Crippen LogP contribution < -0.4 is 9.47 Å². The molecule has 0 spiro atoms. The largest absolute Gasteiger partial charge is 0.464 e. The lowest BCUT2D eigenvalue weighted by Gasteiger charge is -2.07. The molecule has 0 fully saturated rings. The van der Waals surface area contributed by atoms with Crippen molar-refractivity contribution in [1.29, 1.82) is 0 Å². The average Bonchev–Trinajstić information content (AvgIpc) is 2.33. The van der Waals surface area contributed by atoms with E-state index in [9.17, 15) is 0 Å². The van der Waals surface area contributed by atoms with Crippen molar-refractivity contribution < 1.29 is 9.47 Å². The monoisotopic (exact) mass is 363 g/mol. The molecule has 0 bridgehead atoms. The van der Waals surface area contributed by atoms with Crippen LogP contribution in [0.15, 0.2) is 22.7 Å². The van der Waals surface area contributed by atoms with Gasteiger partial charge in [-0.05, 0) is 36.7 Å². The summed E-state index contributed by atoms with van der Waals surface area (Å²) in [4.78, 5) is 11.6. The Balaban J connectivity index is 2.29. The van der Waals surface area contributed by atoms with Crippen molar-refractivity contribution >= 4 is 39.1 Å². The fourth-order valence-corrected chi connectivity index (χ4v) is 1.85. The van der Waals surface area contributed by atoms with E-state index in [0.29, 0.717) is 17.4 Å². The molecular weight excluding hydrogens is 357 g/mol. The lowest BCUT2D eigenvalue weighted by atomic mass is 10.3. The molecule has 19 heavy (non-hydrogen) atoms. The molecule has 0 N–H and O–H groups in total. The van der Waals surface area contributed by atoms with Gasteiger partial charge in [-0.3, -0.25) is 0 Å². The van der Waals surface area contributed by atoms with Gasteiger partial charge in [-0.1, -0.05) is 27.5 Å². The molecule has 0 aliphatic heterocycles. The van der Waals surface area contributed by atoms with Crippen LogP contribution in [0.4, 0.5) is 0 Å². The van der Waals surface area contributed by atoms with Gasteiger partial charge in [-0.25, -0.2) is 0 Å². The Morgan fingerprint density at radius 3 is 2.63 bits per heavy atom. The molecule has 0 saturated heterocycles. The Hall–Kier alpha value is -1.11. The maximum atomic E-state index is 6.01. The van der Waals surface area contributed by atoms with Gasteiger partial charge in [0.05, 0.1) is 11.6 Å². The summed E-state index contributed by atoms with van der Waals surface area (Å²) >= 11 is 15.1. The zero-order chi connectivity index (χ0) is 13.8.